The number of benzene rings is 1. The van der Waals surface area contributed by atoms with E-state index in [0.717, 1.165) is 16.9 Å². The highest BCUT2D eigenvalue weighted by Crippen LogP contribution is 2.30. The van der Waals surface area contributed by atoms with Crippen LogP contribution in [-0.4, -0.2) is 25.0 Å². The molecule has 0 aliphatic heterocycles. The lowest BCUT2D eigenvalue weighted by Gasteiger charge is -2.34. The third-order valence-corrected chi connectivity index (χ3v) is 4.34. The van der Waals surface area contributed by atoms with Crippen molar-refractivity contribution in [1.29, 1.82) is 0 Å². The normalized spacial score (nSPS) is 17.8. The van der Waals surface area contributed by atoms with Crippen LogP contribution in [0, 0.1) is 11.7 Å². The van der Waals surface area contributed by atoms with E-state index in [1.807, 2.05) is 19.2 Å². The van der Waals surface area contributed by atoms with Gasteiger partial charge in [0.1, 0.15) is 5.82 Å². The molecule has 1 saturated carbocycles. The van der Waals surface area contributed by atoms with E-state index in [2.05, 4.69) is 20.8 Å². The van der Waals surface area contributed by atoms with Crippen molar-refractivity contribution in [2.75, 3.05) is 20.1 Å². The zero-order chi connectivity index (χ0) is 13.1. The predicted molar refractivity (Wildman–Crippen MR) is 75.9 cm³/mol. The van der Waals surface area contributed by atoms with Crippen molar-refractivity contribution in [2.24, 2.45) is 11.7 Å². The van der Waals surface area contributed by atoms with Crippen molar-refractivity contribution >= 4 is 15.9 Å². The van der Waals surface area contributed by atoms with Gasteiger partial charge in [0.25, 0.3) is 0 Å². The minimum Gasteiger partial charge on any atom is -0.329 e. The van der Waals surface area contributed by atoms with E-state index in [0.29, 0.717) is 12.1 Å². The molecule has 0 amide bonds. The third kappa shape index (κ3) is 3.11. The summed E-state index contributed by atoms with van der Waals surface area (Å²) in [5.74, 6) is 0.586. The van der Waals surface area contributed by atoms with Crippen molar-refractivity contribution in [1.82, 2.24) is 4.90 Å². The van der Waals surface area contributed by atoms with Crippen LogP contribution in [0.15, 0.2) is 22.7 Å². The maximum Gasteiger partial charge on any atom is 0.129 e. The summed E-state index contributed by atoms with van der Waals surface area (Å²) in [4.78, 5) is 2.19. The van der Waals surface area contributed by atoms with Gasteiger partial charge in [0.15, 0.2) is 0 Å². The Morgan fingerprint density at radius 2 is 2.22 bits per heavy atom. The summed E-state index contributed by atoms with van der Waals surface area (Å²) in [7, 11) is 2.04. The number of nitrogens with zero attached hydrogens (tertiary/aromatic N) is 1. The molecule has 1 unspecified atom stereocenters. The average molecular weight is 315 g/mol. The van der Waals surface area contributed by atoms with Crippen LogP contribution in [-0.2, 0) is 0 Å². The minimum absolute atomic E-state index is 0.0290. The molecule has 1 aliphatic carbocycles. The fourth-order valence-corrected chi connectivity index (χ4v) is 2.86. The predicted octanol–water partition coefficient (Wildman–Crippen LogP) is 3.32. The molecule has 1 atom stereocenters. The first kappa shape index (κ1) is 14.0. The molecule has 1 aromatic rings. The third-order valence-electron chi connectivity index (χ3n) is 3.85. The van der Waals surface area contributed by atoms with Gasteiger partial charge < -0.3 is 5.73 Å². The zero-order valence-electron chi connectivity index (χ0n) is 10.7. The Bertz CT molecular complexity index is 407. The second-order valence-electron chi connectivity index (χ2n) is 5.15. The molecule has 0 bridgehead atoms. The minimum atomic E-state index is -0.180. The Labute approximate surface area is 116 Å². The molecule has 0 radical (unpaired) electrons. The highest BCUT2D eigenvalue weighted by atomic mass is 79.9. The molecular weight excluding hydrogens is 295 g/mol. The molecular formula is C14H20BrFN2. The lowest BCUT2D eigenvalue weighted by molar-refractivity contribution is 0.162. The lowest BCUT2D eigenvalue weighted by atomic mass is 9.84. The SMILES string of the molecule is CN(CC1CCC1)C(CN)c1ccc(Br)cc1F. The first-order chi connectivity index (χ1) is 8.61. The van der Waals surface area contributed by atoms with Crippen LogP contribution < -0.4 is 5.73 Å². The van der Waals surface area contributed by atoms with Crippen LogP contribution in [0.4, 0.5) is 4.39 Å². The van der Waals surface area contributed by atoms with E-state index < -0.39 is 0 Å². The van der Waals surface area contributed by atoms with Crippen LogP contribution in [0.1, 0.15) is 30.9 Å². The number of likely N-dealkylation sites (N-methyl/N-ethyl adjacent to an activating group) is 1. The van der Waals surface area contributed by atoms with E-state index in [-0.39, 0.29) is 11.9 Å². The molecule has 1 fully saturated rings. The first-order valence-corrected chi connectivity index (χ1v) is 7.26. The smallest absolute Gasteiger partial charge is 0.129 e. The van der Waals surface area contributed by atoms with Gasteiger partial charge in [0, 0.05) is 29.2 Å². The quantitative estimate of drug-likeness (QED) is 0.903. The lowest BCUT2D eigenvalue weighted by Crippen LogP contribution is -2.36. The van der Waals surface area contributed by atoms with Crippen molar-refractivity contribution in [3.05, 3.63) is 34.1 Å². The molecule has 2 rings (SSSR count). The maximum atomic E-state index is 14.0. The first-order valence-electron chi connectivity index (χ1n) is 6.47. The van der Waals surface area contributed by atoms with Gasteiger partial charge in [-0.2, -0.15) is 0 Å². The Morgan fingerprint density at radius 1 is 1.50 bits per heavy atom. The molecule has 2 N–H and O–H groups in total. The monoisotopic (exact) mass is 314 g/mol. The maximum absolute atomic E-state index is 14.0. The number of hydrogen-bond donors (Lipinski definition) is 1. The van der Waals surface area contributed by atoms with Crippen LogP contribution in [0.5, 0.6) is 0 Å². The molecule has 0 spiro atoms. The highest BCUT2D eigenvalue weighted by molar-refractivity contribution is 9.10. The van der Waals surface area contributed by atoms with Gasteiger partial charge >= 0.3 is 0 Å². The molecule has 18 heavy (non-hydrogen) atoms. The fraction of sp³-hybridized carbons (Fsp3) is 0.571. The van der Waals surface area contributed by atoms with Crippen LogP contribution >= 0.6 is 15.9 Å². The van der Waals surface area contributed by atoms with Crippen LogP contribution in [0.3, 0.4) is 0 Å². The van der Waals surface area contributed by atoms with Gasteiger partial charge in [-0.25, -0.2) is 4.39 Å². The van der Waals surface area contributed by atoms with Crippen LogP contribution in [0.25, 0.3) is 0 Å². The molecule has 1 aliphatic rings. The second kappa shape index (κ2) is 6.13. The Hall–Kier alpha value is -0.450. The van der Waals surface area contributed by atoms with E-state index in [4.69, 9.17) is 5.73 Å². The standard InChI is InChI=1S/C14H20BrFN2/c1-18(9-10-3-2-4-10)14(8-17)12-6-5-11(15)7-13(12)16/h5-7,10,14H,2-4,8-9,17H2,1H3. The number of rotatable bonds is 5. The van der Waals surface area contributed by atoms with Gasteiger partial charge in [0.05, 0.1) is 0 Å². The van der Waals surface area contributed by atoms with Crippen molar-refractivity contribution < 1.29 is 4.39 Å². The summed E-state index contributed by atoms with van der Waals surface area (Å²) in [6.07, 6.45) is 3.92. The fourth-order valence-electron chi connectivity index (χ4n) is 2.53. The van der Waals surface area contributed by atoms with E-state index in [1.165, 1.54) is 25.3 Å². The van der Waals surface area contributed by atoms with E-state index in [9.17, 15) is 4.39 Å². The molecule has 100 valence electrons. The molecule has 0 aromatic heterocycles. The van der Waals surface area contributed by atoms with Gasteiger partial charge in [-0.1, -0.05) is 28.4 Å². The molecule has 0 heterocycles. The van der Waals surface area contributed by atoms with E-state index >= 15 is 0 Å². The van der Waals surface area contributed by atoms with Gasteiger partial charge in [0.2, 0.25) is 0 Å². The summed E-state index contributed by atoms with van der Waals surface area (Å²) >= 11 is 3.28. The number of nitrogens with two attached hydrogens (primary N) is 1. The Balaban J connectivity index is 2.10. The van der Waals surface area contributed by atoms with Gasteiger partial charge in [-0.05, 0) is 37.9 Å². The van der Waals surface area contributed by atoms with E-state index in [1.54, 1.807) is 0 Å². The Kier molecular flexibility index (Phi) is 4.76. The second-order valence-corrected chi connectivity index (χ2v) is 6.07. The average Bonchev–Trinajstić information content (AvgIpc) is 2.27. The van der Waals surface area contributed by atoms with Gasteiger partial charge in [-0.3, -0.25) is 4.90 Å². The zero-order valence-corrected chi connectivity index (χ0v) is 12.3. The number of hydrogen-bond acceptors (Lipinski definition) is 2. The highest BCUT2D eigenvalue weighted by Gasteiger charge is 2.24. The topological polar surface area (TPSA) is 29.3 Å². The summed E-state index contributed by atoms with van der Waals surface area (Å²) in [5.41, 5.74) is 6.52. The summed E-state index contributed by atoms with van der Waals surface area (Å²) in [6, 6.07) is 5.18. The molecule has 1 aromatic carbocycles. The summed E-state index contributed by atoms with van der Waals surface area (Å²) in [5, 5.41) is 0. The summed E-state index contributed by atoms with van der Waals surface area (Å²) in [6.45, 7) is 1.46. The molecule has 0 saturated heterocycles. The van der Waals surface area contributed by atoms with Gasteiger partial charge in [-0.15, -0.1) is 0 Å². The molecule has 2 nitrogen and oxygen atoms in total. The molecule has 4 heteroatoms. The van der Waals surface area contributed by atoms with Crippen molar-refractivity contribution in [3.63, 3.8) is 0 Å². The van der Waals surface area contributed by atoms with Crippen molar-refractivity contribution in [2.45, 2.75) is 25.3 Å². The van der Waals surface area contributed by atoms with Crippen LogP contribution in [0.2, 0.25) is 0 Å². The summed E-state index contributed by atoms with van der Waals surface area (Å²) < 4.78 is 14.7. The van der Waals surface area contributed by atoms with Crippen molar-refractivity contribution in [3.8, 4) is 0 Å². The Morgan fingerprint density at radius 3 is 2.72 bits per heavy atom. The number of halogens is 2. The largest absolute Gasteiger partial charge is 0.329 e.